The summed E-state index contributed by atoms with van der Waals surface area (Å²) < 4.78 is 49.6. The first kappa shape index (κ1) is 24.3. The van der Waals surface area contributed by atoms with Crippen molar-refractivity contribution in [2.45, 2.75) is 6.18 Å². The van der Waals surface area contributed by atoms with Gasteiger partial charge in [-0.15, -0.1) is 0 Å². The Morgan fingerprint density at radius 2 is 1.91 bits per heavy atom. The minimum Gasteiger partial charge on any atom is -0.497 e. The van der Waals surface area contributed by atoms with E-state index in [1.54, 1.807) is 43.6 Å². The van der Waals surface area contributed by atoms with Crippen LogP contribution < -0.4 is 15.4 Å². The Morgan fingerprint density at radius 3 is 2.58 bits per heavy atom. The highest BCUT2D eigenvalue weighted by Gasteiger charge is 2.31. The maximum absolute atomic E-state index is 13.2. The Morgan fingerprint density at radius 1 is 1.12 bits per heavy atom. The Hall–Kier alpha value is -3.30. The molecule has 0 saturated carbocycles. The van der Waals surface area contributed by atoms with Crippen LogP contribution in [-0.2, 0) is 10.9 Å². The summed E-state index contributed by atoms with van der Waals surface area (Å²) in [6.45, 7) is 0.772. The lowest BCUT2D eigenvalue weighted by atomic mass is 10.0. The van der Waals surface area contributed by atoms with Crippen molar-refractivity contribution in [2.24, 2.45) is 0 Å². The van der Waals surface area contributed by atoms with Crippen molar-refractivity contribution in [3.8, 4) is 17.0 Å². The fourth-order valence-electron chi connectivity index (χ4n) is 3.07. The smallest absolute Gasteiger partial charge is 0.416 e. The molecule has 0 bridgehead atoms. The predicted molar refractivity (Wildman–Crippen MR) is 121 cm³/mol. The van der Waals surface area contributed by atoms with E-state index in [1.165, 1.54) is 13.2 Å². The van der Waals surface area contributed by atoms with E-state index in [0.29, 0.717) is 35.1 Å². The lowest BCUT2D eigenvalue weighted by Crippen LogP contribution is -2.17. The summed E-state index contributed by atoms with van der Waals surface area (Å²) in [6.07, 6.45) is -2.99. The minimum absolute atomic E-state index is 0.0290. The highest BCUT2D eigenvalue weighted by atomic mass is 35.5. The third kappa shape index (κ3) is 6.15. The number of anilines is 2. The van der Waals surface area contributed by atoms with Gasteiger partial charge in [-0.05, 0) is 36.4 Å². The van der Waals surface area contributed by atoms with Crippen LogP contribution in [0.2, 0.25) is 5.02 Å². The predicted octanol–water partition coefficient (Wildman–Crippen LogP) is 5.74. The van der Waals surface area contributed by atoms with Crippen LogP contribution in [0.3, 0.4) is 0 Å². The molecule has 3 aromatic rings. The lowest BCUT2D eigenvalue weighted by molar-refractivity contribution is -0.137. The normalized spacial score (nSPS) is 11.2. The number of carbonyl (C=O) groups excluding carboxylic acids is 1. The van der Waals surface area contributed by atoms with Gasteiger partial charge in [0, 0.05) is 42.9 Å². The van der Waals surface area contributed by atoms with Gasteiger partial charge in [0.15, 0.2) is 0 Å². The fourth-order valence-corrected chi connectivity index (χ4v) is 3.30. The number of methoxy groups -OCH3 is 2. The molecule has 1 aromatic heterocycles. The van der Waals surface area contributed by atoms with E-state index in [4.69, 9.17) is 21.1 Å². The molecule has 0 radical (unpaired) electrons. The molecule has 2 aromatic carbocycles. The molecule has 0 aliphatic carbocycles. The number of halogens is 4. The zero-order valence-electron chi connectivity index (χ0n) is 17.8. The summed E-state index contributed by atoms with van der Waals surface area (Å²) in [7, 11) is 2.79. The summed E-state index contributed by atoms with van der Waals surface area (Å²) in [5.74, 6) is -0.631. The largest absolute Gasteiger partial charge is 0.497 e. The second-order valence-electron chi connectivity index (χ2n) is 6.92. The van der Waals surface area contributed by atoms with Gasteiger partial charge in [0.2, 0.25) is 0 Å². The molecule has 0 aliphatic heterocycles. The molecule has 0 saturated heterocycles. The average molecular weight is 480 g/mol. The number of pyridine rings is 1. The van der Waals surface area contributed by atoms with Crippen molar-refractivity contribution in [1.82, 2.24) is 4.98 Å². The van der Waals surface area contributed by atoms with E-state index in [9.17, 15) is 18.0 Å². The number of benzene rings is 2. The number of ether oxygens (including phenoxy) is 2. The first-order valence-corrected chi connectivity index (χ1v) is 10.2. The SMILES string of the molecule is COCCNc1cc(-c2ncccc2Cl)ccc1C(=O)Nc1cc(OC)cc(C(F)(F)F)c1. The van der Waals surface area contributed by atoms with Crippen molar-refractivity contribution >= 4 is 28.9 Å². The second-order valence-corrected chi connectivity index (χ2v) is 7.32. The Bertz CT molecular complexity index is 1140. The molecular weight excluding hydrogens is 459 g/mol. The number of alkyl halides is 3. The molecule has 0 aliphatic rings. The molecule has 1 amide bonds. The summed E-state index contributed by atoms with van der Waals surface area (Å²) in [4.78, 5) is 17.3. The van der Waals surface area contributed by atoms with Gasteiger partial charge in [-0.1, -0.05) is 17.7 Å². The van der Waals surface area contributed by atoms with Gasteiger partial charge in [-0.25, -0.2) is 0 Å². The van der Waals surface area contributed by atoms with Crippen LogP contribution >= 0.6 is 11.6 Å². The van der Waals surface area contributed by atoms with Gasteiger partial charge in [0.1, 0.15) is 5.75 Å². The summed E-state index contributed by atoms with van der Waals surface area (Å²) in [5, 5.41) is 6.06. The van der Waals surface area contributed by atoms with Gasteiger partial charge in [0.05, 0.1) is 35.6 Å². The second kappa shape index (κ2) is 10.5. The van der Waals surface area contributed by atoms with Crippen LogP contribution in [0.4, 0.5) is 24.5 Å². The van der Waals surface area contributed by atoms with Crippen molar-refractivity contribution in [3.63, 3.8) is 0 Å². The number of amides is 1. The third-order valence-electron chi connectivity index (χ3n) is 4.65. The number of hydrogen-bond acceptors (Lipinski definition) is 5. The van der Waals surface area contributed by atoms with Crippen LogP contribution in [0, 0.1) is 0 Å². The lowest BCUT2D eigenvalue weighted by Gasteiger charge is -2.16. The number of rotatable bonds is 8. The first-order valence-electron chi connectivity index (χ1n) is 9.78. The molecule has 33 heavy (non-hydrogen) atoms. The third-order valence-corrected chi connectivity index (χ3v) is 4.95. The van der Waals surface area contributed by atoms with Crippen LogP contribution in [0.1, 0.15) is 15.9 Å². The van der Waals surface area contributed by atoms with Crippen LogP contribution in [0.25, 0.3) is 11.3 Å². The highest BCUT2D eigenvalue weighted by molar-refractivity contribution is 6.33. The van der Waals surface area contributed by atoms with Gasteiger partial charge in [-0.3, -0.25) is 9.78 Å². The van der Waals surface area contributed by atoms with Crippen LogP contribution in [0.15, 0.2) is 54.7 Å². The molecular formula is C23H21ClF3N3O3. The van der Waals surface area contributed by atoms with Crippen molar-refractivity contribution in [1.29, 1.82) is 0 Å². The van der Waals surface area contributed by atoms with E-state index < -0.39 is 17.6 Å². The molecule has 0 fully saturated rings. The highest BCUT2D eigenvalue weighted by Crippen LogP contribution is 2.35. The average Bonchev–Trinajstić information content (AvgIpc) is 2.78. The Kier molecular flexibility index (Phi) is 7.78. The maximum Gasteiger partial charge on any atom is 0.416 e. The van der Waals surface area contributed by atoms with Crippen molar-refractivity contribution in [2.75, 3.05) is 38.0 Å². The van der Waals surface area contributed by atoms with Crippen LogP contribution in [0.5, 0.6) is 5.75 Å². The van der Waals surface area contributed by atoms with E-state index in [-0.39, 0.29) is 17.0 Å². The monoisotopic (exact) mass is 479 g/mol. The van der Waals surface area contributed by atoms with E-state index in [1.807, 2.05) is 0 Å². The van der Waals surface area contributed by atoms with Crippen molar-refractivity contribution in [3.05, 3.63) is 70.9 Å². The number of nitrogens with zero attached hydrogens (tertiary/aromatic N) is 1. The topological polar surface area (TPSA) is 72.5 Å². The molecule has 1 heterocycles. The molecule has 6 nitrogen and oxygen atoms in total. The van der Waals surface area contributed by atoms with Crippen LogP contribution in [-0.4, -0.2) is 38.3 Å². The molecule has 2 N–H and O–H groups in total. The van der Waals surface area contributed by atoms with E-state index in [2.05, 4.69) is 15.6 Å². The molecule has 0 atom stereocenters. The zero-order valence-corrected chi connectivity index (χ0v) is 18.6. The number of carbonyl (C=O) groups is 1. The Balaban J connectivity index is 1.96. The molecule has 0 spiro atoms. The van der Waals surface area contributed by atoms with Gasteiger partial charge in [-0.2, -0.15) is 13.2 Å². The molecule has 10 heteroatoms. The van der Waals surface area contributed by atoms with Gasteiger partial charge in [0.25, 0.3) is 5.91 Å². The number of hydrogen-bond donors (Lipinski definition) is 2. The molecule has 174 valence electrons. The first-order chi connectivity index (χ1) is 15.7. The standard InChI is InChI=1S/C23H21ClF3N3O3/c1-32-9-8-28-20-10-14(21-19(24)4-3-7-29-21)5-6-18(20)22(31)30-16-11-15(23(25,26)27)12-17(13-16)33-2/h3-7,10-13,28H,8-9H2,1-2H3,(H,30,31). The summed E-state index contributed by atoms with van der Waals surface area (Å²) >= 11 is 6.24. The fraction of sp³-hybridized carbons (Fsp3) is 0.217. The molecule has 0 unspecified atom stereocenters. The Labute approximate surface area is 193 Å². The number of aromatic nitrogens is 1. The number of nitrogens with one attached hydrogen (secondary N) is 2. The van der Waals surface area contributed by atoms with E-state index in [0.717, 1.165) is 12.1 Å². The summed E-state index contributed by atoms with van der Waals surface area (Å²) in [6, 6.07) is 11.3. The molecule has 3 rings (SSSR count). The van der Waals surface area contributed by atoms with Gasteiger partial charge >= 0.3 is 6.18 Å². The quantitative estimate of drug-likeness (QED) is 0.403. The van der Waals surface area contributed by atoms with Crippen molar-refractivity contribution < 1.29 is 27.4 Å². The zero-order chi connectivity index (χ0) is 24.0. The minimum atomic E-state index is -4.59. The van der Waals surface area contributed by atoms with Gasteiger partial charge < -0.3 is 20.1 Å². The van der Waals surface area contributed by atoms with E-state index >= 15 is 0 Å². The maximum atomic E-state index is 13.2. The summed E-state index contributed by atoms with van der Waals surface area (Å²) in [5.41, 5.74) is 0.879.